The van der Waals surface area contributed by atoms with E-state index in [2.05, 4.69) is 61.2 Å². The quantitative estimate of drug-likeness (QED) is 0.561. The van der Waals surface area contributed by atoms with Crippen molar-refractivity contribution in [1.82, 2.24) is 0 Å². The van der Waals surface area contributed by atoms with Crippen LogP contribution in [0.3, 0.4) is 0 Å². The van der Waals surface area contributed by atoms with Gasteiger partial charge in [0.05, 0.1) is 6.04 Å². The summed E-state index contributed by atoms with van der Waals surface area (Å²) in [4.78, 5) is 8.63. The molecule has 2 nitrogen and oxygen atoms in total. The molecule has 0 unspecified atom stereocenters. The normalized spacial score (nSPS) is 16.3. The third-order valence-electron chi connectivity index (χ3n) is 4.00. The first-order valence-corrected chi connectivity index (χ1v) is 8.82. The Balaban J connectivity index is 0.000000235. The second-order valence-corrected chi connectivity index (χ2v) is 5.92. The van der Waals surface area contributed by atoms with Gasteiger partial charge in [-0.25, -0.2) is 0 Å². The zero-order valence-corrected chi connectivity index (χ0v) is 14.5. The Morgan fingerprint density at radius 1 is 1.14 bits per heavy atom. The van der Waals surface area contributed by atoms with Crippen LogP contribution in [0.2, 0.25) is 0 Å². The molecule has 1 aliphatic rings. The minimum atomic E-state index is 0.299. The smallest absolute Gasteiger partial charge is 0.0716 e. The number of hydrogen-bond donors (Lipinski definition) is 0. The average molecular weight is 300 g/mol. The summed E-state index contributed by atoms with van der Waals surface area (Å²) in [5, 5.41) is 0. The summed E-state index contributed by atoms with van der Waals surface area (Å²) in [6, 6.07) is 10.7. The number of rotatable bonds is 7. The van der Waals surface area contributed by atoms with Crippen LogP contribution in [-0.4, -0.2) is 19.0 Å². The van der Waals surface area contributed by atoms with E-state index in [1.54, 1.807) is 0 Å². The third kappa shape index (κ3) is 8.11. The van der Waals surface area contributed by atoms with Crippen molar-refractivity contribution < 1.29 is 0 Å². The molecule has 0 saturated heterocycles. The molecule has 1 fully saturated rings. The average Bonchev–Trinajstić information content (AvgIpc) is 2.51. The van der Waals surface area contributed by atoms with Gasteiger partial charge in [-0.15, -0.1) is 0 Å². The van der Waals surface area contributed by atoms with Crippen molar-refractivity contribution in [3.05, 3.63) is 35.9 Å². The van der Waals surface area contributed by atoms with E-state index in [0.717, 1.165) is 18.9 Å². The van der Waals surface area contributed by atoms with Crippen LogP contribution in [0.1, 0.15) is 70.9 Å². The topological polar surface area (TPSA) is 24.7 Å². The number of aliphatic imine (C=N–C) groups is 2. The van der Waals surface area contributed by atoms with Crippen LogP contribution in [0, 0.1) is 5.92 Å². The lowest BCUT2D eigenvalue weighted by molar-refractivity contribution is 0.329. The summed E-state index contributed by atoms with van der Waals surface area (Å²) in [5.41, 5.74) is 1.29. The predicted octanol–water partition coefficient (Wildman–Crippen LogP) is 5.89. The van der Waals surface area contributed by atoms with E-state index in [4.69, 9.17) is 0 Å². The van der Waals surface area contributed by atoms with Gasteiger partial charge < -0.3 is 0 Å². The fourth-order valence-electron chi connectivity index (χ4n) is 2.26. The number of hydrogen-bond acceptors (Lipinski definition) is 2. The fraction of sp³-hybridized carbons (Fsp3) is 0.600. The van der Waals surface area contributed by atoms with Gasteiger partial charge in [-0.1, -0.05) is 62.9 Å². The lowest BCUT2D eigenvalue weighted by Gasteiger charge is -2.23. The Morgan fingerprint density at radius 2 is 1.86 bits per heavy atom. The Labute approximate surface area is 136 Å². The molecule has 0 bridgehead atoms. The van der Waals surface area contributed by atoms with E-state index in [1.165, 1.54) is 37.7 Å². The second-order valence-electron chi connectivity index (χ2n) is 5.92. The second kappa shape index (κ2) is 12.1. The van der Waals surface area contributed by atoms with Crippen LogP contribution < -0.4 is 0 Å². The SMILES string of the molecule is CCCC=N[C@@H](C)c1ccccc1.CCN=CCC1CCC1. The zero-order chi connectivity index (χ0) is 16.0. The van der Waals surface area contributed by atoms with Gasteiger partial charge >= 0.3 is 0 Å². The largest absolute Gasteiger partial charge is 0.298 e. The number of nitrogens with zero attached hydrogens (tertiary/aromatic N) is 2. The minimum absolute atomic E-state index is 0.299. The van der Waals surface area contributed by atoms with Gasteiger partial charge in [-0.2, -0.15) is 0 Å². The highest BCUT2D eigenvalue weighted by molar-refractivity contribution is 5.57. The predicted molar refractivity (Wildman–Crippen MR) is 99.2 cm³/mol. The summed E-state index contributed by atoms with van der Waals surface area (Å²) in [6.07, 6.45) is 11.9. The molecule has 2 rings (SSSR count). The highest BCUT2D eigenvalue weighted by atomic mass is 14.7. The first-order chi connectivity index (χ1) is 10.8. The van der Waals surface area contributed by atoms with Crippen molar-refractivity contribution in [2.45, 2.75) is 65.3 Å². The highest BCUT2D eigenvalue weighted by Gasteiger charge is 2.15. The van der Waals surface area contributed by atoms with Crippen LogP contribution in [0.5, 0.6) is 0 Å². The minimum Gasteiger partial charge on any atom is -0.298 e. The van der Waals surface area contributed by atoms with E-state index < -0.39 is 0 Å². The molecule has 0 spiro atoms. The molecule has 1 aliphatic carbocycles. The molecular formula is C20H32N2. The molecule has 0 amide bonds. The summed E-state index contributed by atoms with van der Waals surface area (Å²) >= 11 is 0. The van der Waals surface area contributed by atoms with Crippen LogP contribution in [-0.2, 0) is 0 Å². The van der Waals surface area contributed by atoms with E-state index in [0.29, 0.717) is 6.04 Å². The van der Waals surface area contributed by atoms with Crippen molar-refractivity contribution in [2.24, 2.45) is 15.9 Å². The van der Waals surface area contributed by atoms with Crippen molar-refractivity contribution in [3.63, 3.8) is 0 Å². The number of benzene rings is 1. The molecule has 122 valence electrons. The molecule has 0 aliphatic heterocycles. The zero-order valence-electron chi connectivity index (χ0n) is 14.5. The molecule has 1 atom stereocenters. The van der Waals surface area contributed by atoms with Crippen molar-refractivity contribution in [3.8, 4) is 0 Å². The van der Waals surface area contributed by atoms with E-state index in [1.807, 2.05) is 12.3 Å². The molecule has 1 aromatic carbocycles. The lowest BCUT2D eigenvalue weighted by Crippen LogP contribution is -2.10. The Kier molecular flexibility index (Phi) is 10.3. The van der Waals surface area contributed by atoms with Gasteiger partial charge in [0.25, 0.3) is 0 Å². The maximum absolute atomic E-state index is 4.46. The van der Waals surface area contributed by atoms with Gasteiger partial charge in [-0.05, 0) is 50.6 Å². The molecule has 1 aromatic rings. The van der Waals surface area contributed by atoms with E-state index >= 15 is 0 Å². The number of unbranched alkanes of at least 4 members (excludes halogenated alkanes) is 1. The van der Waals surface area contributed by atoms with Crippen LogP contribution in [0.4, 0.5) is 0 Å². The van der Waals surface area contributed by atoms with Crippen LogP contribution in [0.15, 0.2) is 40.3 Å². The standard InChI is InChI=1S/C12H17N.C8H15N/c1-3-4-10-13-11(2)12-8-6-5-7-9-12;1-2-9-7-6-8-4-3-5-8/h5-11H,3-4H2,1-2H3;7-8H,2-6H2,1H3/t11-;/m0./s1. The van der Waals surface area contributed by atoms with Crippen molar-refractivity contribution in [1.29, 1.82) is 0 Å². The Hall–Kier alpha value is -1.44. The molecule has 2 heteroatoms. The summed E-state index contributed by atoms with van der Waals surface area (Å²) in [7, 11) is 0. The summed E-state index contributed by atoms with van der Waals surface area (Å²) in [6.45, 7) is 7.32. The monoisotopic (exact) mass is 300 g/mol. The summed E-state index contributed by atoms with van der Waals surface area (Å²) in [5.74, 6) is 0.986. The van der Waals surface area contributed by atoms with Crippen LogP contribution in [0.25, 0.3) is 0 Å². The summed E-state index contributed by atoms with van der Waals surface area (Å²) < 4.78 is 0. The van der Waals surface area contributed by atoms with E-state index in [-0.39, 0.29) is 0 Å². The molecule has 1 saturated carbocycles. The van der Waals surface area contributed by atoms with Crippen molar-refractivity contribution in [2.75, 3.05) is 6.54 Å². The molecule has 0 N–H and O–H groups in total. The fourth-order valence-corrected chi connectivity index (χ4v) is 2.26. The Morgan fingerprint density at radius 3 is 2.41 bits per heavy atom. The van der Waals surface area contributed by atoms with Crippen molar-refractivity contribution >= 4 is 12.4 Å². The lowest BCUT2D eigenvalue weighted by atomic mass is 9.83. The molecule has 0 heterocycles. The maximum Gasteiger partial charge on any atom is 0.0716 e. The van der Waals surface area contributed by atoms with Gasteiger partial charge in [0.1, 0.15) is 0 Å². The Bertz CT molecular complexity index is 419. The third-order valence-corrected chi connectivity index (χ3v) is 4.00. The highest BCUT2D eigenvalue weighted by Crippen LogP contribution is 2.28. The van der Waals surface area contributed by atoms with Gasteiger partial charge in [0.2, 0.25) is 0 Å². The first-order valence-electron chi connectivity index (χ1n) is 8.82. The first kappa shape index (κ1) is 18.6. The molecule has 0 aromatic heterocycles. The van der Waals surface area contributed by atoms with Crippen LogP contribution >= 0.6 is 0 Å². The van der Waals surface area contributed by atoms with Gasteiger partial charge in [0.15, 0.2) is 0 Å². The molecule has 22 heavy (non-hydrogen) atoms. The van der Waals surface area contributed by atoms with Gasteiger partial charge in [0, 0.05) is 6.54 Å². The molecular weight excluding hydrogens is 268 g/mol. The molecule has 0 radical (unpaired) electrons. The van der Waals surface area contributed by atoms with E-state index in [9.17, 15) is 0 Å². The van der Waals surface area contributed by atoms with Gasteiger partial charge in [-0.3, -0.25) is 9.98 Å². The maximum atomic E-state index is 4.46.